The van der Waals surface area contributed by atoms with Crippen molar-refractivity contribution in [3.63, 3.8) is 0 Å². The first-order valence-corrected chi connectivity index (χ1v) is 16.7. The molecule has 0 bridgehead atoms. The fraction of sp³-hybridized carbons (Fsp3) is 0.500. The number of phenolic OH excluding ortho intramolecular Hbond substituents is 1. The number of sulfonamides is 2. The molecule has 2 saturated heterocycles. The van der Waals surface area contributed by atoms with Gasteiger partial charge in [0.2, 0.25) is 20.0 Å². The molecule has 0 radical (unpaired) electrons. The number of rotatable bonds is 11. The lowest BCUT2D eigenvalue weighted by Gasteiger charge is -2.35. The van der Waals surface area contributed by atoms with Crippen molar-refractivity contribution in [2.75, 3.05) is 68.2 Å². The maximum absolute atomic E-state index is 13.1. The van der Waals surface area contributed by atoms with Crippen LogP contribution in [-0.4, -0.2) is 112 Å². The van der Waals surface area contributed by atoms with Crippen LogP contribution in [0.15, 0.2) is 47.4 Å². The van der Waals surface area contributed by atoms with Gasteiger partial charge in [-0.05, 0) is 54.8 Å². The van der Waals surface area contributed by atoms with E-state index in [0.717, 1.165) is 37.9 Å². The van der Waals surface area contributed by atoms with E-state index in [2.05, 4.69) is 14.9 Å². The SMILES string of the molecule is CS(=O)(=O)Nc1cc([C@H](O)CNC2CCN(c3ccc(S(=O)(=O)N4CCN(CC(=O)O)CC4)cc3)CC2)ccc1O. The van der Waals surface area contributed by atoms with Crippen LogP contribution in [-0.2, 0) is 24.8 Å². The molecule has 2 fully saturated rings. The van der Waals surface area contributed by atoms with Gasteiger partial charge in [-0.25, -0.2) is 16.8 Å². The lowest BCUT2D eigenvalue weighted by molar-refractivity contribution is -0.138. The van der Waals surface area contributed by atoms with E-state index in [-0.39, 0.29) is 48.6 Å². The third kappa shape index (κ3) is 8.30. The normalized spacial score (nSPS) is 18.7. The van der Waals surface area contributed by atoms with Gasteiger partial charge in [0.25, 0.3) is 0 Å². The number of carboxylic acids is 1. The summed E-state index contributed by atoms with van der Waals surface area (Å²) in [6.07, 6.45) is 1.70. The van der Waals surface area contributed by atoms with Crippen LogP contribution in [0, 0.1) is 0 Å². The van der Waals surface area contributed by atoms with Crippen LogP contribution in [0.5, 0.6) is 5.75 Å². The van der Waals surface area contributed by atoms with Crippen molar-refractivity contribution >= 4 is 37.4 Å². The molecule has 13 nitrogen and oxygen atoms in total. The van der Waals surface area contributed by atoms with E-state index in [1.54, 1.807) is 35.2 Å². The summed E-state index contributed by atoms with van der Waals surface area (Å²) in [5.41, 5.74) is 1.40. The van der Waals surface area contributed by atoms with E-state index in [9.17, 15) is 31.8 Å². The van der Waals surface area contributed by atoms with Crippen molar-refractivity contribution in [1.82, 2.24) is 14.5 Å². The number of hydrogen-bond acceptors (Lipinski definition) is 10. The number of carbonyl (C=O) groups is 1. The van der Waals surface area contributed by atoms with Gasteiger partial charge in [-0.3, -0.25) is 14.4 Å². The minimum absolute atomic E-state index is 0.00879. The first-order chi connectivity index (χ1) is 19.3. The molecule has 0 amide bonds. The van der Waals surface area contributed by atoms with Crippen LogP contribution in [0.4, 0.5) is 11.4 Å². The van der Waals surface area contributed by atoms with E-state index in [4.69, 9.17) is 5.11 Å². The minimum Gasteiger partial charge on any atom is -0.506 e. The van der Waals surface area contributed by atoms with E-state index in [1.807, 2.05) is 0 Å². The summed E-state index contributed by atoms with van der Waals surface area (Å²) in [4.78, 5) is 15.0. The Labute approximate surface area is 240 Å². The molecule has 41 heavy (non-hydrogen) atoms. The highest BCUT2D eigenvalue weighted by Gasteiger charge is 2.29. The summed E-state index contributed by atoms with van der Waals surface area (Å²) in [5.74, 6) is -1.16. The van der Waals surface area contributed by atoms with Gasteiger partial charge in [0.15, 0.2) is 0 Å². The number of benzene rings is 2. The zero-order valence-electron chi connectivity index (χ0n) is 22.8. The number of piperidine rings is 1. The molecule has 0 aliphatic carbocycles. The molecule has 0 spiro atoms. The fourth-order valence-electron chi connectivity index (χ4n) is 5.08. The quantitative estimate of drug-likeness (QED) is 0.223. The summed E-state index contributed by atoms with van der Waals surface area (Å²) in [5, 5.41) is 32.8. The molecular formula is C26H37N5O8S2. The van der Waals surface area contributed by atoms with E-state index >= 15 is 0 Å². The Bertz CT molecular complexity index is 1420. The predicted octanol–water partition coefficient (Wildman–Crippen LogP) is 0.447. The van der Waals surface area contributed by atoms with Crippen LogP contribution in [0.3, 0.4) is 0 Å². The second-order valence-electron chi connectivity index (χ2n) is 10.4. The van der Waals surface area contributed by atoms with Gasteiger partial charge in [0, 0.05) is 57.5 Å². The van der Waals surface area contributed by atoms with Gasteiger partial charge in [-0.2, -0.15) is 4.31 Å². The molecule has 0 unspecified atom stereocenters. The highest BCUT2D eigenvalue weighted by molar-refractivity contribution is 7.92. The van der Waals surface area contributed by atoms with Crippen molar-refractivity contribution in [3.8, 4) is 5.75 Å². The molecule has 15 heteroatoms. The number of aliphatic hydroxyl groups excluding tert-OH is 1. The van der Waals surface area contributed by atoms with Crippen LogP contribution in [0.1, 0.15) is 24.5 Å². The van der Waals surface area contributed by atoms with Crippen LogP contribution in [0.25, 0.3) is 0 Å². The molecule has 0 saturated carbocycles. The first-order valence-electron chi connectivity index (χ1n) is 13.3. The first kappa shape index (κ1) is 31.0. The maximum Gasteiger partial charge on any atom is 0.317 e. The summed E-state index contributed by atoms with van der Waals surface area (Å²) in [6, 6.07) is 11.3. The van der Waals surface area contributed by atoms with Crippen LogP contribution < -0.4 is 14.9 Å². The predicted molar refractivity (Wildman–Crippen MR) is 154 cm³/mol. The number of nitrogens with zero attached hydrogens (tertiary/aromatic N) is 3. The summed E-state index contributed by atoms with van der Waals surface area (Å²) < 4.78 is 52.8. The van der Waals surface area contributed by atoms with Crippen molar-refractivity contribution in [2.24, 2.45) is 0 Å². The smallest absolute Gasteiger partial charge is 0.317 e. The van der Waals surface area contributed by atoms with Crippen molar-refractivity contribution < 1.29 is 36.9 Å². The molecule has 1 atom stereocenters. The third-order valence-corrected chi connectivity index (χ3v) is 9.83. The average molecular weight is 612 g/mol. The number of carboxylic acid groups (broad SMARTS) is 1. The van der Waals surface area contributed by atoms with E-state index in [1.165, 1.54) is 16.4 Å². The number of nitrogens with one attached hydrogen (secondary N) is 2. The molecule has 0 aromatic heterocycles. The molecular weight excluding hydrogens is 574 g/mol. The monoisotopic (exact) mass is 611 g/mol. The lowest BCUT2D eigenvalue weighted by atomic mass is 10.0. The average Bonchev–Trinajstić information content (AvgIpc) is 2.92. The number of anilines is 2. The van der Waals surface area contributed by atoms with Crippen molar-refractivity contribution in [2.45, 2.75) is 29.9 Å². The second-order valence-corrected chi connectivity index (χ2v) is 14.1. The summed E-state index contributed by atoms with van der Waals surface area (Å²) in [7, 11) is -7.25. The molecule has 226 valence electrons. The Kier molecular flexibility index (Phi) is 9.77. The Morgan fingerprint density at radius 3 is 2.20 bits per heavy atom. The van der Waals surface area contributed by atoms with Crippen LogP contribution in [0.2, 0.25) is 0 Å². The van der Waals surface area contributed by atoms with Crippen molar-refractivity contribution in [3.05, 3.63) is 48.0 Å². The molecule has 2 aromatic carbocycles. The van der Waals surface area contributed by atoms with Crippen LogP contribution >= 0.6 is 0 Å². The second kappa shape index (κ2) is 12.9. The highest BCUT2D eigenvalue weighted by atomic mass is 32.2. The maximum atomic E-state index is 13.1. The Morgan fingerprint density at radius 2 is 1.61 bits per heavy atom. The molecule has 2 aromatic rings. The largest absolute Gasteiger partial charge is 0.506 e. The molecule has 2 aliphatic heterocycles. The van der Waals surface area contributed by atoms with Gasteiger partial charge in [0.05, 0.1) is 29.5 Å². The molecule has 5 N–H and O–H groups in total. The molecule has 4 rings (SSSR count). The standard InChI is InChI=1S/C26H37N5O8S2/c1-40(36,37)28-23-16-19(2-7-24(23)32)25(33)17-27-20-8-10-30(11-9-20)21-3-5-22(6-4-21)41(38,39)31-14-12-29(13-15-31)18-26(34)35/h2-7,16,20,25,27-28,32-33H,8-15,17-18H2,1H3,(H,34,35)/t25-/m1/s1. The Balaban J connectivity index is 1.26. The fourth-order valence-corrected chi connectivity index (χ4v) is 7.06. The zero-order chi connectivity index (χ0) is 29.8. The number of aliphatic carboxylic acids is 1. The molecule has 2 heterocycles. The summed E-state index contributed by atoms with van der Waals surface area (Å²) in [6.45, 7) is 2.89. The number of hydrogen-bond donors (Lipinski definition) is 5. The topological polar surface area (TPSA) is 180 Å². The third-order valence-electron chi connectivity index (χ3n) is 7.33. The number of aliphatic hydroxyl groups is 1. The number of aromatic hydroxyl groups is 1. The van der Waals surface area contributed by atoms with Gasteiger partial charge in [0.1, 0.15) is 5.75 Å². The zero-order valence-corrected chi connectivity index (χ0v) is 24.4. The molecule has 2 aliphatic rings. The van der Waals surface area contributed by atoms with Crippen molar-refractivity contribution in [1.29, 1.82) is 0 Å². The number of piperazine rings is 1. The highest BCUT2D eigenvalue weighted by Crippen LogP contribution is 2.28. The van der Waals surface area contributed by atoms with Gasteiger partial charge in [-0.1, -0.05) is 6.07 Å². The summed E-state index contributed by atoms with van der Waals surface area (Å²) >= 11 is 0. The Hall–Kier alpha value is -2.95. The lowest BCUT2D eigenvalue weighted by Crippen LogP contribution is -2.49. The minimum atomic E-state index is -3.66. The van der Waals surface area contributed by atoms with E-state index in [0.29, 0.717) is 18.7 Å². The van der Waals surface area contributed by atoms with Gasteiger partial charge >= 0.3 is 5.97 Å². The number of phenols is 1. The van der Waals surface area contributed by atoms with E-state index < -0.39 is 32.1 Å². The van der Waals surface area contributed by atoms with Gasteiger partial charge < -0.3 is 25.5 Å². The Morgan fingerprint density at radius 1 is 0.976 bits per heavy atom. The van der Waals surface area contributed by atoms with Gasteiger partial charge in [-0.15, -0.1) is 0 Å².